The molecule has 1 aromatic rings. The molecule has 0 bridgehead atoms. The highest BCUT2D eigenvalue weighted by atomic mass is 16.5. The van der Waals surface area contributed by atoms with Crippen LogP contribution in [0, 0.1) is 17.2 Å². The fraction of sp³-hybridized carbons (Fsp3) is 0.444. The third-order valence-electron chi connectivity index (χ3n) is 4.66. The number of benzene rings is 1. The summed E-state index contributed by atoms with van der Waals surface area (Å²) < 4.78 is 10.5. The first-order chi connectivity index (χ1) is 11.6. The Labute approximate surface area is 141 Å². The van der Waals surface area contributed by atoms with E-state index in [1.807, 2.05) is 36.3 Å². The quantitative estimate of drug-likeness (QED) is 0.860. The SMILES string of the molecule is CCOC(=O)[C@@H]1Nc2cc(OC)ccc2[C@@H]2[C@H]1CC(C#N)=CN2C. The summed E-state index contributed by atoms with van der Waals surface area (Å²) in [5.74, 6) is 0.386. The maximum Gasteiger partial charge on any atom is 0.328 e. The van der Waals surface area contributed by atoms with E-state index in [1.165, 1.54) is 0 Å². The molecule has 6 nitrogen and oxygen atoms in total. The third-order valence-corrected chi connectivity index (χ3v) is 4.66. The fourth-order valence-electron chi connectivity index (χ4n) is 3.66. The molecule has 0 fully saturated rings. The molecule has 2 aliphatic heterocycles. The van der Waals surface area contributed by atoms with Crippen LogP contribution in [0.5, 0.6) is 5.75 Å². The van der Waals surface area contributed by atoms with Crippen molar-refractivity contribution in [3.63, 3.8) is 0 Å². The van der Waals surface area contributed by atoms with Crippen molar-refractivity contribution in [1.29, 1.82) is 5.26 Å². The zero-order valence-corrected chi connectivity index (χ0v) is 14.1. The molecule has 6 heteroatoms. The van der Waals surface area contributed by atoms with Crippen LogP contribution in [0.4, 0.5) is 5.69 Å². The molecule has 0 aliphatic carbocycles. The molecule has 0 amide bonds. The predicted octanol–water partition coefficient (Wildman–Crippen LogP) is 2.45. The Bertz CT molecular complexity index is 723. The van der Waals surface area contributed by atoms with Gasteiger partial charge < -0.3 is 19.7 Å². The molecule has 2 aliphatic rings. The molecule has 1 N–H and O–H groups in total. The van der Waals surface area contributed by atoms with Crippen LogP contribution >= 0.6 is 0 Å². The number of hydrogen-bond acceptors (Lipinski definition) is 6. The molecular weight excluding hydrogens is 306 g/mol. The van der Waals surface area contributed by atoms with Crippen LogP contribution in [0.15, 0.2) is 30.0 Å². The Morgan fingerprint density at radius 2 is 2.29 bits per heavy atom. The highest BCUT2D eigenvalue weighted by molar-refractivity contribution is 5.82. The number of carbonyl (C=O) groups is 1. The fourth-order valence-corrected chi connectivity index (χ4v) is 3.66. The lowest BCUT2D eigenvalue weighted by molar-refractivity contribution is -0.146. The Morgan fingerprint density at radius 3 is 2.96 bits per heavy atom. The number of ether oxygens (including phenoxy) is 2. The van der Waals surface area contributed by atoms with Crippen LogP contribution in [0.3, 0.4) is 0 Å². The zero-order chi connectivity index (χ0) is 17.3. The maximum absolute atomic E-state index is 12.5. The Balaban J connectivity index is 2.07. The van der Waals surface area contributed by atoms with Crippen LogP contribution in [-0.4, -0.2) is 37.7 Å². The summed E-state index contributed by atoms with van der Waals surface area (Å²) in [6.45, 7) is 2.12. The van der Waals surface area contributed by atoms with Gasteiger partial charge in [-0.3, -0.25) is 0 Å². The third kappa shape index (κ3) is 2.67. The Morgan fingerprint density at radius 1 is 1.50 bits per heavy atom. The number of carbonyl (C=O) groups excluding carboxylic acids is 1. The minimum atomic E-state index is -0.492. The molecule has 0 radical (unpaired) electrons. The van der Waals surface area contributed by atoms with E-state index < -0.39 is 6.04 Å². The Kier molecular flexibility index (Phi) is 4.34. The summed E-state index contributed by atoms with van der Waals surface area (Å²) in [4.78, 5) is 14.5. The van der Waals surface area contributed by atoms with Gasteiger partial charge in [-0.25, -0.2) is 4.79 Å². The minimum Gasteiger partial charge on any atom is -0.497 e. The van der Waals surface area contributed by atoms with E-state index in [2.05, 4.69) is 11.4 Å². The summed E-state index contributed by atoms with van der Waals surface area (Å²) in [6, 6.07) is 7.57. The lowest BCUT2D eigenvalue weighted by atomic mass is 9.76. The van der Waals surface area contributed by atoms with Gasteiger partial charge in [-0.2, -0.15) is 5.26 Å². The number of anilines is 1. The predicted molar refractivity (Wildman–Crippen MR) is 89.3 cm³/mol. The van der Waals surface area contributed by atoms with Crippen molar-refractivity contribution in [3.05, 3.63) is 35.5 Å². The highest BCUT2D eigenvalue weighted by Crippen LogP contribution is 2.46. The lowest BCUT2D eigenvalue weighted by Crippen LogP contribution is -2.49. The lowest BCUT2D eigenvalue weighted by Gasteiger charge is -2.45. The summed E-state index contributed by atoms with van der Waals surface area (Å²) >= 11 is 0. The van der Waals surface area contributed by atoms with Gasteiger partial charge in [0.2, 0.25) is 0 Å². The first-order valence-corrected chi connectivity index (χ1v) is 8.02. The molecule has 3 atom stereocenters. The van der Waals surface area contributed by atoms with Crippen molar-refractivity contribution >= 4 is 11.7 Å². The molecular formula is C18H21N3O3. The molecule has 126 valence electrons. The highest BCUT2D eigenvalue weighted by Gasteiger charge is 2.44. The largest absolute Gasteiger partial charge is 0.497 e. The number of hydrogen-bond donors (Lipinski definition) is 1. The molecule has 0 unspecified atom stereocenters. The van der Waals surface area contributed by atoms with Crippen molar-refractivity contribution in [3.8, 4) is 11.8 Å². The minimum absolute atomic E-state index is 0.0127. The van der Waals surface area contributed by atoms with Gasteiger partial charge in [0.15, 0.2) is 0 Å². The average Bonchev–Trinajstić information content (AvgIpc) is 2.60. The zero-order valence-electron chi connectivity index (χ0n) is 14.1. The summed E-state index contributed by atoms with van der Waals surface area (Å²) in [6.07, 6.45) is 2.41. The van der Waals surface area contributed by atoms with Crippen LogP contribution < -0.4 is 10.1 Å². The molecule has 0 aromatic heterocycles. The van der Waals surface area contributed by atoms with Crippen molar-refractivity contribution < 1.29 is 14.3 Å². The van der Waals surface area contributed by atoms with Crippen molar-refractivity contribution in [2.24, 2.45) is 5.92 Å². The topological polar surface area (TPSA) is 74.6 Å². The smallest absolute Gasteiger partial charge is 0.328 e. The monoisotopic (exact) mass is 327 g/mol. The number of fused-ring (bicyclic) bond motifs is 3. The number of esters is 1. The average molecular weight is 327 g/mol. The van der Waals surface area contributed by atoms with Crippen molar-refractivity contribution in [2.75, 3.05) is 26.1 Å². The van der Waals surface area contributed by atoms with Crippen molar-refractivity contribution in [1.82, 2.24) is 4.90 Å². The first-order valence-electron chi connectivity index (χ1n) is 8.02. The normalized spacial score (nSPS) is 24.7. The van der Waals surface area contributed by atoms with E-state index in [0.29, 0.717) is 18.6 Å². The number of methoxy groups -OCH3 is 1. The Hall–Kier alpha value is -2.68. The van der Waals surface area contributed by atoms with Crippen LogP contribution in [0.25, 0.3) is 0 Å². The summed E-state index contributed by atoms with van der Waals surface area (Å²) in [5, 5.41) is 12.6. The van der Waals surface area contributed by atoms with E-state index >= 15 is 0 Å². The van der Waals surface area contributed by atoms with Gasteiger partial charge in [0.1, 0.15) is 11.8 Å². The summed E-state index contributed by atoms with van der Waals surface area (Å²) in [7, 11) is 3.56. The summed E-state index contributed by atoms with van der Waals surface area (Å²) in [5.41, 5.74) is 2.64. The van der Waals surface area contributed by atoms with E-state index in [9.17, 15) is 10.1 Å². The second kappa shape index (κ2) is 6.44. The van der Waals surface area contributed by atoms with Crippen molar-refractivity contribution in [2.45, 2.75) is 25.4 Å². The van der Waals surface area contributed by atoms with Crippen LogP contribution in [-0.2, 0) is 9.53 Å². The van der Waals surface area contributed by atoms with Gasteiger partial charge in [0.05, 0.1) is 25.8 Å². The molecule has 0 spiro atoms. The van der Waals surface area contributed by atoms with Gasteiger partial charge in [-0.15, -0.1) is 0 Å². The molecule has 2 heterocycles. The van der Waals surface area contributed by atoms with Gasteiger partial charge in [-0.05, 0) is 25.0 Å². The molecule has 24 heavy (non-hydrogen) atoms. The van der Waals surface area contributed by atoms with Gasteiger partial charge in [0, 0.05) is 36.5 Å². The van der Waals surface area contributed by atoms with Gasteiger partial charge in [-0.1, -0.05) is 6.07 Å². The number of nitrogens with one attached hydrogen (secondary N) is 1. The van der Waals surface area contributed by atoms with Crippen LogP contribution in [0.1, 0.15) is 24.9 Å². The van der Waals surface area contributed by atoms with Crippen LogP contribution in [0.2, 0.25) is 0 Å². The molecule has 0 saturated carbocycles. The van der Waals surface area contributed by atoms with Gasteiger partial charge in [0.25, 0.3) is 0 Å². The molecule has 0 saturated heterocycles. The number of rotatable bonds is 3. The van der Waals surface area contributed by atoms with Gasteiger partial charge >= 0.3 is 5.97 Å². The molecule has 1 aromatic carbocycles. The van der Waals surface area contributed by atoms with E-state index in [1.54, 1.807) is 14.0 Å². The second-order valence-corrected chi connectivity index (χ2v) is 6.07. The standard InChI is InChI=1S/C18H21N3O3/c1-4-24-18(22)16-14-7-11(9-19)10-21(2)17(14)13-6-5-12(23-3)8-15(13)20-16/h5-6,8,10,14,16-17,20H,4,7H2,1-3H3/t14-,16+,17+/m0/s1. The van der Waals surface area contributed by atoms with E-state index in [0.717, 1.165) is 17.0 Å². The van der Waals surface area contributed by atoms with E-state index in [4.69, 9.17) is 9.47 Å². The number of nitriles is 1. The van der Waals surface area contributed by atoms with E-state index in [-0.39, 0.29) is 17.9 Å². The number of allylic oxidation sites excluding steroid dienone is 1. The first kappa shape index (κ1) is 16.2. The second-order valence-electron chi connectivity index (χ2n) is 6.07. The number of nitrogens with zero attached hydrogens (tertiary/aromatic N) is 2. The molecule has 3 rings (SSSR count). The maximum atomic E-state index is 12.5.